The van der Waals surface area contributed by atoms with Crippen LogP contribution in [0, 0.1) is 5.92 Å². The summed E-state index contributed by atoms with van der Waals surface area (Å²) >= 11 is 0. The van der Waals surface area contributed by atoms with Crippen molar-refractivity contribution in [1.29, 1.82) is 0 Å². The van der Waals surface area contributed by atoms with E-state index in [2.05, 4.69) is 25.0 Å². The van der Waals surface area contributed by atoms with Crippen LogP contribution in [0.2, 0.25) is 19.6 Å². The van der Waals surface area contributed by atoms with Gasteiger partial charge in [-0.3, -0.25) is 4.79 Å². The highest BCUT2D eigenvalue weighted by Crippen LogP contribution is 2.18. The Bertz CT molecular complexity index is 708. The molecule has 1 N–H and O–H groups in total. The van der Waals surface area contributed by atoms with Crippen LogP contribution in [0.5, 0.6) is 0 Å². The second-order valence-electron chi connectivity index (χ2n) is 7.46. The van der Waals surface area contributed by atoms with Gasteiger partial charge in [0.15, 0.2) is 8.32 Å². The first-order valence-electron chi connectivity index (χ1n) is 9.08. The average molecular weight is 368 g/mol. The summed E-state index contributed by atoms with van der Waals surface area (Å²) in [4.78, 5) is 12.6. The highest BCUT2D eigenvalue weighted by atomic mass is 28.4. The van der Waals surface area contributed by atoms with Crippen molar-refractivity contribution in [3.63, 3.8) is 0 Å². The number of carbonyl (C=O) groups is 1. The van der Waals surface area contributed by atoms with E-state index in [0.717, 1.165) is 11.1 Å². The van der Waals surface area contributed by atoms with Crippen LogP contribution in [0.3, 0.4) is 0 Å². The van der Waals surface area contributed by atoms with Gasteiger partial charge >= 0.3 is 0 Å². The van der Waals surface area contributed by atoms with Gasteiger partial charge in [-0.1, -0.05) is 79.7 Å². The van der Waals surface area contributed by atoms with Crippen LogP contribution in [0.25, 0.3) is 6.08 Å². The topological polar surface area (TPSA) is 38.3 Å². The Hall–Kier alpha value is -2.17. The standard InChI is InChI=1S/C22H29NO2Si/c1-18(22(24)23-17-20-13-9-6-10-14-20)21(25-26(2,3)4)16-15-19-11-7-5-8-12-19/h5-16,18,21H,17H2,1-4H3,(H,23,24)/b16-15+/t18-,21-/m1/s1. The zero-order valence-electron chi connectivity index (χ0n) is 16.1. The SMILES string of the molecule is C[C@@H](C(=O)NCc1ccccc1)[C@@H](/C=C/c1ccccc1)O[Si](C)(C)C. The zero-order chi connectivity index (χ0) is 19.0. The lowest BCUT2D eigenvalue weighted by Gasteiger charge is -2.28. The molecule has 0 bridgehead atoms. The average Bonchev–Trinajstić information content (AvgIpc) is 2.63. The summed E-state index contributed by atoms with van der Waals surface area (Å²) in [5.41, 5.74) is 2.20. The largest absolute Gasteiger partial charge is 0.411 e. The van der Waals surface area contributed by atoms with Gasteiger partial charge in [0.1, 0.15) is 0 Å². The number of rotatable bonds is 8. The van der Waals surface area contributed by atoms with E-state index in [1.807, 2.05) is 79.7 Å². The van der Waals surface area contributed by atoms with Crippen LogP contribution in [-0.2, 0) is 15.8 Å². The van der Waals surface area contributed by atoms with Crippen molar-refractivity contribution < 1.29 is 9.22 Å². The Morgan fingerprint density at radius 3 is 2.19 bits per heavy atom. The van der Waals surface area contributed by atoms with Crippen molar-refractivity contribution in [2.45, 2.75) is 39.2 Å². The predicted octanol–water partition coefficient (Wildman–Crippen LogP) is 4.87. The molecule has 0 aliphatic heterocycles. The van der Waals surface area contributed by atoms with E-state index >= 15 is 0 Å². The van der Waals surface area contributed by atoms with E-state index in [9.17, 15) is 4.79 Å². The number of nitrogens with one attached hydrogen (secondary N) is 1. The van der Waals surface area contributed by atoms with Crippen LogP contribution in [0.4, 0.5) is 0 Å². The molecule has 4 heteroatoms. The number of carbonyl (C=O) groups excluding carboxylic acids is 1. The summed E-state index contributed by atoms with van der Waals surface area (Å²) in [6, 6.07) is 20.0. The molecule has 0 unspecified atom stereocenters. The maximum Gasteiger partial charge on any atom is 0.226 e. The highest BCUT2D eigenvalue weighted by Gasteiger charge is 2.27. The molecule has 2 aromatic carbocycles. The number of amides is 1. The van der Waals surface area contributed by atoms with Crippen molar-refractivity contribution >= 4 is 20.3 Å². The summed E-state index contributed by atoms with van der Waals surface area (Å²) in [5, 5.41) is 3.03. The lowest BCUT2D eigenvalue weighted by molar-refractivity contribution is -0.126. The molecule has 0 saturated carbocycles. The zero-order valence-corrected chi connectivity index (χ0v) is 17.1. The van der Waals surface area contributed by atoms with Gasteiger partial charge in [-0.05, 0) is 30.8 Å². The lowest BCUT2D eigenvalue weighted by atomic mass is 10.0. The maximum absolute atomic E-state index is 12.6. The molecule has 0 radical (unpaired) electrons. The molecule has 138 valence electrons. The molecule has 0 fully saturated rings. The molecule has 0 aromatic heterocycles. The van der Waals surface area contributed by atoms with Crippen molar-refractivity contribution in [3.8, 4) is 0 Å². The Labute approximate surface area is 158 Å². The lowest BCUT2D eigenvalue weighted by Crippen LogP contribution is -2.41. The normalized spacial score (nSPS) is 14.2. The van der Waals surface area contributed by atoms with Gasteiger partial charge in [0.05, 0.1) is 12.0 Å². The van der Waals surface area contributed by atoms with Crippen molar-refractivity contribution in [2.24, 2.45) is 5.92 Å². The third-order valence-electron chi connectivity index (χ3n) is 3.98. The molecule has 26 heavy (non-hydrogen) atoms. The van der Waals surface area contributed by atoms with E-state index in [0.29, 0.717) is 6.54 Å². The van der Waals surface area contributed by atoms with Crippen molar-refractivity contribution in [1.82, 2.24) is 5.32 Å². The first-order chi connectivity index (χ1) is 12.3. The Kier molecular flexibility index (Phi) is 7.36. The third kappa shape index (κ3) is 6.98. The minimum atomic E-state index is -1.79. The van der Waals surface area contributed by atoms with E-state index in [-0.39, 0.29) is 17.9 Å². The van der Waals surface area contributed by atoms with Crippen LogP contribution >= 0.6 is 0 Å². The molecular weight excluding hydrogens is 338 g/mol. The van der Waals surface area contributed by atoms with Crippen LogP contribution < -0.4 is 5.32 Å². The Morgan fingerprint density at radius 1 is 1.04 bits per heavy atom. The van der Waals surface area contributed by atoms with Crippen LogP contribution in [-0.4, -0.2) is 20.3 Å². The maximum atomic E-state index is 12.6. The van der Waals surface area contributed by atoms with Gasteiger partial charge in [-0.15, -0.1) is 0 Å². The highest BCUT2D eigenvalue weighted by molar-refractivity contribution is 6.69. The van der Waals surface area contributed by atoms with Crippen LogP contribution in [0.15, 0.2) is 66.7 Å². The molecule has 1 amide bonds. The molecule has 2 atom stereocenters. The molecular formula is C22H29NO2Si. The number of hydrogen-bond acceptors (Lipinski definition) is 2. The van der Waals surface area contributed by atoms with E-state index in [4.69, 9.17) is 4.43 Å². The molecule has 3 nitrogen and oxygen atoms in total. The van der Waals surface area contributed by atoms with Gasteiger partial charge in [-0.2, -0.15) is 0 Å². The fourth-order valence-corrected chi connectivity index (χ4v) is 3.68. The second kappa shape index (κ2) is 9.50. The first kappa shape index (κ1) is 20.1. The fourth-order valence-electron chi connectivity index (χ4n) is 2.58. The van der Waals surface area contributed by atoms with Gasteiger partial charge < -0.3 is 9.74 Å². The van der Waals surface area contributed by atoms with Gasteiger partial charge in [-0.25, -0.2) is 0 Å². The second-order valence-corrected chi connectivity index (χ2v) is 11.9. The molecule has 0 aliphatic rings. The smallest absolute Gasteiger partial charge is 0.226 e. The van der Waals surface area contributed by atoms with Crippen molar-refractivity contribution in [2.75, 3.05) is 0 Å². The summed E-state index contributed by atoms with van der Waals surface area (Å²) in [6.07, 6.45) is 3.81. The fraction of sp³-hybridized carbons (Fsp3) is 0.318. The summed E-state index contributed by atoms with van der Waals surface area (Å²) < 4.78 is 6.29. The quantitative estimate of drug-likeness (QED) is 0.676. The monoisotopic (exact) mass is 367 g/mol. The van der Waals surface area contributed by atoms with Gasteiger partial charge in [0.2, 0.25) is 5.91 Å². The number of hydrogen-bond donors (Lipinski definition) is 1. The molecule has 2 aromatic rings. The predicted molar refractivity (Wildman–Crippen MR) is 111 cm³/mol. The van der Waals surface area contributed by atoms with E-state index in [1.54, 1.807) is 0 Å². The third-order valence-corrected chi connectivity index (χ3v) is 4.96. The first-order valence-corrected chi connectivity index (χ1v) is 12.5. The minimum absolute atomic E-state index is 0.00909. The van der Waals surface area contributed by atoms with Crippen molar-refractivity contribution in [3.05, 3.63) is 77.9 Å². The summed E-state index contributed by atoms with van der Waals surface area (Å²) in [5.74, 6) is -0.250. The van der Waals surface area contributed by atoms with Crippen LogP contribution in [0.1, 0.15) is 18.1 Å². The van der Waals surface area contributed by atoms with Gasteiger partial charge in [0.25, 0.3) is 0 Å². The van der Waals surface area contributed by atoms with E-state index < -0.39 is 8.32 Å². The molecule has 2 rings (SSSR count). The summed E-state index contributed by atoms with van der Waals surface area (Å²) in [6.45, 7) is 8.90. The van der Waals surface area contributed by atoms with E-state index in [1.165, 1.54) is 0 Å². The Balaban J connectivity index is 2.05. The Morgan fingerprint density at radius 2 is 1.62 bits per heavy atom. The number of benzene rings is 2. The van der Waals surface area contributed by atoms with Gasteiger partial charge in [0, 0.05) is 6.54 Å². The molecule has 0 heterocycles. The molecule has 0 spiro atoms. The summed E-state index contributed by atoms with van der Waals surface area (Å²) in [7, 11) is -1.79. The molecule has 0 aliphatic carbocycles. The minimum Gasteiger partial charge on any atom is -0.411 e. The molecule has 0 saturated heterocycles.